The topological polar surface area (TPSA) is 66.8 Å². The summed E-state index contributed by atoms with van der Waals surface area (Å²) in [6.45, 7) is 0.491. The van der Waals surface area contributed by atoms with Crippen molar-refractivity contribution in [3.05, 3.63) is 28.2 Å². The van der Waals surface area contributed by atoms with Gasteiger partial charge >= 0.3 is 5.97 Å². The summed E-state index contributed by atoms with van der Waals surface area (Å²) in [7, 11) is 1.32. The van der Waals surface area contributed by atoms with Crippen molar-refractivity contribution >= 4 is 27.8 Å². The van der Waals surface area contributed by atoms with Crippen molar-refractivity contribution in [1.82, 2.24) is 4.90 Å². The van der Waals surface area contributed by atoms with Gasteiger partial charge in [-0.3, -0.25) is 4.79 Å². The van der Waals surface area contributed by atoms with Crippen LogP contribution < -0.4 is 0 Å². The van der Waals surface area contributed by atoms with Crippen molar-refractivity contribution in [2.24, 2.45) is 0 Å². The van der Waals surface area contributed by atoms with E-state index in [1.165, 1.54) is 18.1 Å². The van der Waals surface area contributed by atoms with Crippen molar-refractivity contribution in [3.63, 3.8) is 0 Å². The molecule has 0 bridgehead atoms. The number of carbonyl (C=O) groups excluding carboxylic acids is 2. The largest absolute Gasteiger partial charge is 0.507 e. The Morgan fingerprint density at radius 1 is 1.40 bits per heavy atom. The van der Waals surface area contributed by atoms with Crippen LogP contribution in [0.3, 0.4) is 0 Å². The molecule has 0 aliphatic carbocycles. The van der Waals surface area contributed by atoms with Crippen LogP contribution in [0.4, 0.5) is 0 Å². The number of methoxy groups -OCH3 is 1. The summed E-state index contributed by atoms with van der Waals surface area (Å²) in [5.41, 5.74) is 0.190. The number of hydrogen-bond donors (Lipinski definition) is 1. The van der Waals surface area contributed by atoms with Crippen molar-refractivity contribution in [3.8, 4) is 5.75 Å². The molecule has 0 spiro atoms. The molecular formula is C14H16BrNO4. The first-order valence-electron chi connectivity index (χ1n) is 6.42. The van der Waals surface area contributed by atoms with Gasteiger partial charge in [-0.15, -0.1) is 0 Å². The first-order valence-corrected chi connectivity index (χ1v) is 7.21. The van der Waals surface area contributed by atoms with Crippen LogP contribution in [0, 0.1) is 0 Å². The minimum atomic E-state index is -0.570. The Bertz CT molecular complexity index is 532. The van der Waals surface area contributed by atoms with E-state index in [4.69, 9.17) is 4.74 Å². The van der Waals surface area contributed by atoms with E-state index in [-0.39, 0.29) is 17.2 Å². The highest BCUT2D eigenvalue weighted by Crippen LogP contribution is 2.27. The highest BCUT2D eigenvalue weighted by atomic mass is 79.9. The molecule has 1 aliphatic rings. The van der Waals surface area contributed by atoms with E-state index < -0.39 is 12.0 Å². The van der Waals surface area contributed by atoms with Gasteiger partial charge in [-0.05, 0) is 37.5 Å². The monoisotopic (exact) mass is 341 g/mol. The van der Waals surface area contributed by atoms with Crippen LogP contribution >= 0.6 is 15.9 Å². The van der Waals surface area contributed by atoms with Crippen LogP contribution in [0.1, 0.15) is 29.6 Å². The van der Waals surface area contributed by atoms with E-state index in [0.717, 1.165) is 12.8 Å². The van der Waals surface area contributed by atoms with Gasteiger partial charge in [0.1, 0.15) is 11.8 Å². The molecule has 2 rings (SSSR count). The van der Waals surface area contributed by atoms with E-state index in [9.17, 15) is 14.7 Å². The van der Waals surface area contributed by atoms with Gasteiger partial charge in [-0.1, -0.05) is 15.9 Å². The number of ether oxygens (including phenoxy) is 1. The first-order chi connectivity index (χ1) is 9.54. The minimum absolute atomic E-state index is 0.0904. The SMILES string of the molecule is COC(=O)[C@H]1CCCCN1C(=O)c1cc(Br)ccc1O. The van der Waals surface area contributed by atoms with Gasteiger partial charge in [0.15, 0.2) is 0 Å². The van der Waals surface area contributed by atoms with Gasteiger partial charge in [0, 0.05) is 11.0 Å². The predicted octanol–water partition coefficient (Wildman–Crippen LogP) is 2.32. The lowest BCUT2D eigenvalue weighted by Crippen LogP contribution is -2.48. The fourth-order valence-corrected chi connectivity index (χ4v) is 2.75. The molecule has 1 atom stereocenters. The van der Waals surface area contributed by atoms with Crippen LogP contribution in [-0.4, -0.2) is 41.6 Å². The smallest absolute Gasteiger partial charge is 0.328 e. The lowest BCUT2D eigenvalue weighted by atomic mass is 10.0. The number of esters is 1. The number of piperidine rings is 1. The third kappa shape index (κ3) is 2.95. The van der Waals surface area contributed by atoms with Crippen molar-refractivity contribution in [2.75, 3.05) is 13.7 Å². The number of phenols is 1. The second-order valence-corrected chi connectivity index (χ2v) is 5.61. The molecule has 1 fully saturated rings. The number of benzene rings is 1. The standard InChI is InChI=1S/C14H16BrNO4/c1-20-14(19)11-4-2-3-7-16(11)13(18)10-8-9(15)5-6-12(10)17/h5-6,8,11,17H,2-4,7H2,1H3/t11-/m1/s1. The summed E-state index contributed by atoms with van der Waals surface area (Å²) in [6.07, 6.45) is 2.31. The number of halogens is 1. The van der Waals surface area contributed by atoms with Crippen molar-refractivity contribution < 1.29 is 19.4 Å². The van der Waals surface area contributed by atoms with Crippen LogP contribution in [0.5, 0.6) is 5.75 Å². The molecular weight excluding hydrogens is 326 g/mol. The van der Waals surface area contributed by atoms with Crippen LogP contribution in [0.15, 0.2) is 22.7 Å². The summed E-state index contributed by atoms with van der Waals surface area (Å²) in [4.78, 5) is 25.8. The van der Waals surface area contributed by atoms with E-state index in [0.29, 0.717) is 17.4 Å². The van der Waals surface area contributed by atoms with Gasteiger partial charge in [-0.2, -0.15) is 0 Å². The lowest BCUT2D eigenvalue weighted by Gasteiger charge is -2.33. The quantitative estimate of drug-likeness (QED) is 0.838. The lowest BCUT2D eigenvalue weighted by molar-refractivity contribution is -0.147. The average molecular weight is 342 g/mol. The third-order valence-electron chi connectivity index (χ3n) is 3.43. The number of likely N-dealkylation sites (tertiary alicyclic amines) is 1. The maximum Gasteiger partial charge on any atom is 0.328 e. The summed E-state index contributed by atoms with van der Waals surface area (Å²) >= 11 is 3.27. The molecule has 1 aliphatic heterocycles. The van der Waals surface area contributed by atoms with Crippen molar-refractivity contribution in [1.29, 1.82) is 0 Å². The van der Waals surface area contributed by atoms with E-state index in [2.05, 4.69) is 15.9 Å². The number of aromatic hydroxyl groups is 1. The second kappa shape index (κ2) is 6.26. The number of carbonyl (C=O) groups is 2. The number of amides is 1. The van der Waals surface area contributed by atoms with Gasteiger partial charge < -0.3 is 14.7 Å². The molecule has 1 saturated heterocycles. The van der Waals surface area contributed by atoms with Crippen LogP contribution in [0.2, 0.25) is 0 Å². The van der Waals surface area contributed by atoms with E-state index in [1.54, 1.807) is 12.1 Å². The Morgan fingerprint density at radius 3 is 2.85 bits per heavy atom. The Labute approximate surface area is 125 Å². The Kier molecular flexibility index (Phi) is 4.65. The molecule has 1 heterocycles. The third-order valence-corrected chi connectivity index (χ3v) is 3.92. The molecule has 5 nitrogen and oxygen atoms in total. The number of hydrogen-bond acceptors (Lipinski definition) is 4. The molecule has 20 heavy (non-hydrogen) atoms. The summed E-state index contributed by atoms with van der Waals surface area (Å²) in [5, 5.41) is 9.83. The fourth-order valence-electron chi connectivity index (χ4n) is 2.39. The number of phenolic OH excluding ortho intramolecular Hbond substituents is 1. The molecule has 6 heteroatoms. The molecule has 108 valence electrons. The van der Waals surface area contributed by atoms with E-state index in [1.807, 2.05) is 0 Å². The van der Waals surface area contributed by atoms with Crippen LogP contribution in [-0.2, 0) is 9.53 Å². The predicted molar refractivity (Wildman–Crippen MR) is 76.5 cm³/mol. The molecule has 0 unspecified atom stereocenters. The molecule has 0 aromatic heterocycles. The Balaban J connectivity index is 2.30. The Hall–Kier alpha value is -1.56. The maximum atomic E-state index is 12.5. The molecule has 1 aromatic carbocycles. The molecule has 1 amide bonds. The second-order valence-electron chi connectivity index (χ2n) is 4.69. The number of rotatable bonds is 2. The summed E-state index contributed by atoms with van der Waals surface area (Å²) < 4.78 is 5.45. The molecule has 0 saturated carbocycles. The summed E-state index contributed by atoms with van der Waals surface area (Å²) in [6, 6.07) is 4.09. The maximum absolute atomic E-state index is 12.5. The first kappa shape index (κ1) is 14.8. The zero-order chi connectivity index (χ0) is 14.7. The van der Waals surface area contributed by atoms with Gasteiger partial charge in [-0.25, -0.2) is 4.79 Å². The zero-order valence-electron chi connectivity index (χ0n) is 11.1. The van der Waals surface area contributed by atoms with Crippen molar-refractivity contribution in [2.45, 2.75) is 25.3 Å². The highest BCUT2D eigenvalue weighted by molar-refractivity contribution is 9.10. The molecule has 1 N–H and O–H groups in total. The highest BCUT2D eigenvalue weighted by Gasteiger charge is 2.34. The van der Waals surface area contributed by atoms with Crippen LogP contribution in [0.25, 0.3) is 0 Å². The van der Waals surface area contributed by atoms with Gasteiger partial charge in [0.2, 0.25) is 0 Å². The van der Waals surface area contributed by atoms with E-state index >= 15 is 0 Å². The van der Waals surface area contributed by atoms with Gasteiger partial charge in [0.25, 0.3) is 5.91 Å². The summed E-state index contributed by atoms with van der Waals surface area (Å²) in [5.74, 6) is -0.848. The fraction of sp³-hybridized carbons (Fsp3) is 0.429. The Morgan fingerprint density at radius 2 is 2.15 bits per heavy atom. The number of nitrogens with zero attached hydrogens (tertiary/aromatic N) is 1. The normalized spacial score (nSPS) is 18.7. The van der Waals surface area contributed by atoms with Gasteiger partial charge in [0.05, 0.1) is 12.7 Å². The molecule has 1 aromatic rings. The zero-order valence-corrected chi connectivity index (χ0v) is 12.7. The molecule has 0 radical (unpaired) electrons. The average Bonchev–Trinajstić information content (AvgIpc) is 2.48. The minimum Gasteiger partial charge on any atom is -0.507 e.